The fourth-order valence-electron chi connectivity index (χ4n) is 1.96. The van der Waals surface area contributed by atoms with Crippen molar-refractivity contribution in [1.82, 2.24) is 0 Å². The Hall–Kier alpha value is -0.980. The third-order valence-electron chi connectivity index (χ3n) is 3.34. The van der Waals surface area contributed by atoms with Crippen LogP contribution in [0.3, 0.4) is 0 Å². The van der Waals surface area contributed by atoms with Crippen molar-refractivity contribution in [2.24, 2.45) is 5.41 Å². The average molecular weight is 262 g/mol. The van der Waals surface area contributed by atoms with Crippen molar-refractivity contribution in [3.63, 3.8) is 0 Å². The molecule has 19 heavy (non-hydrogen) atoms. The molecular weight excluding hydrogens is 232 g/mol. The summed E-state index contributed by atoms with van der Waals surface area (Å²) in [5, 5.41) is 0. The van der Waals surface area contributed by atoms with Gasteiger partial charge in [-0.25, -0.2) is 0 Å². The van der Waals surface area contributed by atoms with Gasteiger partial charge >= 0.3 is 0 Å². The van der Waals surface area contributed by atoms with E-state index in [0.717, 1.165) is 12.2 Å². The van der Waals surface area contributed by atoms with Crippen LogP contribution in [-0.4, -0.2) is 6.10 Å². The zero-order valence-corrected chi connectivity index (χ0v) is 13.7. The van der Waals surface area contributed by atoms with Gasteiger partial charge in [0, 0.05) is 0 Å². The molecule has 108 valence electrons. The van der Waals surface area contributed by atoms with Crippen LogP contribution in [0.5, 0.6) is 5.75 Å². The molecule has 0 fully saturated rings. The van der Waals surface area contributed by atoms with E-state index < -0.39 is 0 Å². The van der Waals surface area contributed by atoms with Crippen molar-refractivity contribution in [2.45, 2.75) is 72.8 Å². The topological polar surface area (TPSA) is 9.23 Å². The number of hydrogen-bond acceptors (Lipinski definition) is 1. The zero-order valence-electron chi connectivity index (χ0n) is 13.7. The maximum Gasteiger partial charge on any atom is 0.119 e. The summed E-state index contributed by atoms with van der Waals surface area (Å²) in [4.78, 5) is 0. The van der Waals surface area contributed by atoms with E-state index in [1.54, 1.807) is 0 Å². The Morgan fingerprint density at radius 2 is 1.68 bits per heavy atom. The van der Waals surface area contributed by atoms with E-state index in [1.165, 1.54) is 12.0 Å². The Kier molecular flexibility index (Phi) is 5.06. The highest BCUT2D eigenvalue weighted by Crippen LogP contribution is 2.27. The summed E-state index contributed by atoms with van der Waals surface area (Å²) in [6, 6.07) is 8.50. The summed E-state index contributed by atoms with van der Waals surface area (Å²) >= 11 is 0. The molecule has 1 aromatic carbocycles. The van der Waals surface area contributed by atoms with Crippen LogP contribution < -0.4 is 4.74 Å². The molecule has 0 heterocycles. The Labute approximate surface area is 119 Å². The fraction of sp³-hybridized carbons (Fsp3) is 0.667. The minimum atomic E-state index is 0.175. The summed E-state index contributed by atoms with van der Waals surface area (Å²) in [5.74, 6) is 0.994. The third-order valence-corrected chi connectivity index (χ3v) is 3.34. The molecule has 0 amide bonds. The first kappa shape index (κ1) is 16.1. The minimum absolute atomic E-state index is 0.175. The van der Waals surface area contributed by atoms with Gasteiger partial charge in [0.15, 0.2) is 0 Å². The monoisotopic (exact) mass is 262 g/mol. The largest absolute Gasteiger partial charge is 0.491 e. The highest BCUT2D eigenvalue weighted by atomic mass is 16.5. The second-order valence-electron chi connectivity index (χ2n) is 7.81. The molecule has 0 aliphatic carbocycles. The highest BCUT2D eigenvalue weighted by molar-refractivity contribution is 5.32. The SMILES string of the molecule is C[C@H](CCC(C)(C)C)Oc1cccc(C(C)(C)C)c1. The summed E-state index contributed by atoms with van der Waals surface area (Å²) in [5.41, 5.74) is 1.88. The molecule has 1 rings (SSSR count). The second kappa shape index (κ2) is 5.98. The summed E-state index contributed by atoms with van der Waals surface area (Å²) in [6.07, 6.45) is 2.56. The van der Waals surface area contributed by atoms with E-state index in [2.05, 4.69) is 72.7 Å². The molecule has 0 aromatic heterocycles. The Morgan fingerprint density at radius 1 is 1.05 bits per heavy atom. The molecule has 0 aliphatic rings. The predicted molar refractivity (Wildman–Crippen MR) is 83.9 cm³/mol. The van der Waals surface area contributed by atoms with Gasteiger partial charge in [0.25, 0.3) is 0 Å². The van der Waals surface area contributed by atoms with Crippen molar-refractivity contribution in [3.8, 4) is 5.75 Å². The number of hydrogen-bond donors (Lipinski definition) is 0. The van der Waals surface area contributed by atoms with Crippen molar-refractivity contribution in [2.75, 3.05) is 0 Å². The lowest BCUT2D eigenvalue weighted by atomic mass is 9.87. The lowest BCUT2D eigenvalue weighted by Gasteiger charge is -2.23. The van der Waals surface area contributed by atoms with Gasteiger partial charge in [0.2, 0.25) is 0 Å². The van der Waals surface area contributed by atoms with E-state index in [0.29, 0.717) is 5.41 Å². The van der Waals surface area contributed by atoms with Crippen LogP contribution in [0.1, 0.15) is 66.9 Å². The fourth-order valence-corrected chi connectivity index (χ4v) is 1.96. The Morgan fingerprint density at radius 3 is 2.21 bits per heavy atom. The van der Waals surface area contributed by atoms with Gasteiger partial charge in [-0.3, -0.25) is 0 Å². The van der Waals surface area contributed by atoms with Crippen LogP contribution in [0.15, 0.2) is 24.3 Å². The van der Waals surface area contributed by atoms with E-state index in [-0.39, 0.29) is 11.5 Å². The first-order valence-electron chi connectivity index (χ1n) is 7.35. The van der Waals surface area contributed by atoms with Crippen LogP contribution in [0.2, 0.25) is 0 Å². The van der Waals surface area contributed by atoms with Crippen LogP contribution in [0.25, 0.3) is 0 Å². The summed E-state index contributed by atoms with van der Waals surface area (Å²) in [7, 11) is 0. The molecule has 1 heteroatoms. The van der Waals surface area contributed by atoms with Crippen LogP contribution in [0, 0.1) is 5.41 Å². The van der Waals surface area contributed by atoms with Gasteiger partial charge < -0.3 is 4.74 Å². The summed E-state index contributed by atoms with van der Waals surface area (Å²) < 4.78 is 6.05. The molecule has 0 unspecified atom stereocenters. The standard InChI is InChI=1S/C18H30O/c1-14(11-12-17(2,3)4)19-16-10-8-9-15(13-16)18(5,6)7/h8-10,13-14H,11-12H2,1-7H3/t14-/m1/s1. The summed E-state index contributed by atoms with van der Waals surface area (Å²) in [6.45, 7) is 15.7. The Bertz CT molecular complexity index is 393. The minimum Gasteiger partial charge on any atom is -0.491 e. The molecule has 0 bridgehead atoms. The number of ether oxygens (including phenoxy) is 1. The molecule has 0 N–H and O–H groups in total. The molecule has 0 spiro atoms. The lowest BCUT2D eigenvalue weighted by molar-refractivity contribution is 0.186. The van der Waals surface area contributed by atoms with Crippen LogP contribution >= 0.6 is 0 Å². The number of benzene rings is 1. The molecule has 0 saturated heterocycles. The van der Waals surface area contributed by atoms with Gasteiger partial charge in [0.1, 0.15) is 5.75 Å². The Balaban J connectivity index is 2.62. The van der Waals surface area contributed by atoms with Crippen molar-refractivity contribution >= 4 is 0 Å². The van der Waals surface area contributed by atoms with Crippen LogP contribution in [0.4, 0.5) is 0 Å². The molecule has 1 aromatic rings. The van der Waals surface area contributed by atoms with Crippen LogP contribution in [-0.2, 0) is 5.41 Å². The van der Waals surface area contributed by atoms with Gasteiger partial charge in [-0.15, -0.1) is 0 Å². The predicted octanol–water partition coefficient (Wildman–Crippen LogP) is 5.58. The van der Waals surface area contributed by atoms with Crippen molar-refractivity contribution in [1.29, 1.82) is 0 Å². The van der Waals surface area contributed by atoms with Gasteiger partial charge in [-0.2, -0.15) is 0 Å². The maximum absolute atomic E-state index is 6.05. The maximum atomic E-state index is 6.05. The first-order valence-corrected chi connectivity index (χ1v) is 7.35. The molecule has 1 atom stereocenters. The molecule has 0 aliphatic heterocycles. The van der Waals surface area contributed by atoms with Gasteiger partial charge in [-0.1, -0.05) is 53.7 Å². The van der Waals surface area contributed by atoms with E-state index in [4.69, 9.17) is 4.74 Å². The zero-order chi connectivity index (χ0) is 14.7. The number of rotatable bonds is 4. The third kappa shape index (κ3) is 6.13. The van der Waals surface area contributed by atoms with Gasteiger partial charge in [-0.05, 0) is 48.3 Å². The molecule has 0 saturated carbocycles. The first-order chi connectivity index (χ1) is 8.58. The van der Waals surface area contributed by atoms with E-state index in [9.17, 15) is 0 Å². The highest BCUT2D eigenvalue weighted by Gasteiger charge is 2.16. The smallest absolute Gasteiger partial charge is 0.119 e. The quantitative estimate of drug-likeness (QED) is 0.688. The normalized spacial score (nSPS) is 14.3. The van der Waals surface area contributed by atoms with E-state index >= 15 is 0 Å². The molecule has 1 nitrogen and oxygen atoms in total. The van der Waals surface area contributed by atoms with Crippen molar-refractivity contribution in [3.05, 3.63) is 29.8 Å². The lowest BCUT2D eigenvalue weighted by Crippen LogP contribution is -2.17. The second-order valence-corrected chi connectivity index (χ2v) is 7.81. The molecular formula is C18H30O. The average Bonchev–Trinajstić information content (AvgIpc) is 2.25. The van der Waals surface area contributed by atoms with Gasteiger partial charge in [0.05, 0.1) is 6.10 Å². The molecule has 0 radical (unpaired) electrons. The van der Waals surface area contributed by atoms with E-state index in [1.807, 2.05) is 0 Å². The van der Waals surface area contributed by atoms with Crippen molar-refractivity contribution < 1.29 is 4.74 Å².